The fourth-order valence-corrected chi connectivity index (χ4v) is 2.69. The van der Waals surface area contributed by atoms with Crippen LogP contribution in [0.25, 0.3) is 0 Å². The monoisotopic (exact) mass is 307 g/mol. The van der Waals surface area contributed by atoms with Crippen molar-refractivity contribution in [1.29, 1.82) is 0 Å². The summed E-state index contributed by atoms with van der Waals surface area (Å²) < 4.78 is 0. The smallest absolute Gasteiger partial charge is 0.254 e. The number of anilines is 2. The number of primary amides is 1. The van der Waals surface area contributed by atoms with Gasteiger partial charge < -0.3 is 21.5 Å². The SMILES string of the molecule is CC(C)(C)Nc1ncc(C(N)=O)c(N[C@@H]2CCC[C@H]2CO)n1. The van der Waals surface area contributed by atoms with Crippen LogP contribution in [0.1, 0.15) is 50.4 Å². The van der Waals surface area contributed by atoms with E-state index in [0.29, 0.717) is 11.8 Å². The quantitative estimate of drug-likeness (QED) is 0.653. The molecule has 0 saturated heterocycles. The van der Waals surface area contributed by atoms with Gasteiger partial charge in [-0.3, -0.25) is 4.79 Å². The highest BCUT2D eigenvalue weighted by Gasteiger charge is 2.28. The second-order valence-electron chi connectivity index (χ2n) is 6.82. The predicted octanol–water partition coefficient (Wildman–Crippen LogP) is 1.36. The molecule has 5 N–H and O–H groups in total. The van der Waals surface area contributed by atoms with Crippen LogP contribution in [0.2, 0.25) is 0 Å². The molecule has 0 spiro atoms. The van der Waals surface area contributed by atoms with Gasteiger partial charge in [-0.2, -0.15) is 4.98 Å². The summed E-state index contributed by atoms with van der Waals surface area (Å²) in [6.45, 7) is 6.14. The van der Waals surface area contributed by atoms with Crippen LogP contribution in [0, 0.1) is 5.92 Å². The molecule has 1 amide bonds. The third-order valence-corrected chi connectivity index (χ3v) is 3.76. The molecule has 7 heteroatoms. The number of aliphatic hydroxyl groups is 1. The van der Waals surface area contributed by atoms with E-state index < -0.39 is 5.91 Å². The number of aliphatic hydroxyl groups excluding tert-OH is 1. The highest BCUT2D eigenvalue weighted by atomic mass is 16.3. The Kier molecular flexibility index (Phi) is 4.85. The first-order valence-corrected chi connectivity index (χ1v) is 7.62. The Morgan fingerprint density at radius 2 is 2.18 bits per heavy atom. The number of amides is 1. The number of hydrogen-bond donors (Lipinski definition) is 4. The van der Waals surface area contributed by atoms with Crippen molar-refractivity contribution in [1.82, 2.24) is 9.97 Å². The lowest BCUT2D eigenvalue weighted by atomic mass is 10.0. The molecule has 0 aliphatic heterocycles. The highest BCUT2D eigenvalue weighted by Crippen LogP contribution is 2.29. The van der Waals surface area contributed by atoms with Crippen molar-refractivity contribution >= 4 is 17.7 Å². The minimum atomic E-state index is -0.566. The Morgan fingerprint density at radius 1 is 1.45 bits per heavy atom. The second-order valence-corrected chi connectivity index (χ2v) is 6.82. The maximum atomic E-state index is 11.6. The number of carbonyl (C=O) groups is 1. The molecule has 0 radical (unpaired) electrons. The lowest BCUT2D eigenvalue weighted by Crippen LogP contribution is -2.30. The molecule has 1 aromatic heterocycles. The number of nitrogens with zero attached hydrogens (tertiary/aromatic N) is 2. The molecule has 1 aromatic rings. The van der Waals surface area contributed by atoms with Gasteiger partial charge in [0.15, 0.2) is 0 Å². The summed E-state index contributed by atoms with van der Waals surface area (Å²) in [5, 5.41) is 15.9. The van der Waals surface area contributed by atoms with Gasteiger partial charge in [0.1, 0.15) is 5.82 Å². The first-order chi connectivity index (χ1) is 10.3. The van der Waals surface area contributed by atoms with E-state index in [1.54, 1.807) is 0 Å². The average molecular weight is 307 g/mol. The Morgan fingerprint density at radius 3 is 2.77 bits per heavy atom. The van der Waals surface area contributed by atoms with Gasteiger partial charge in [0.2, 0.25) is 5.95 Å². The summed E-state index contributed by atoms with van der Waals surface area (Å²) in [6.07, 6.45) is 4.40. The van der Waals surface area contributed by atoms with Crippen LogP contribution >= 0.6 is 0 Å². The molecule has 2 rings (SSSR count). The van der Waals surface area contributed by atoms with Crippen LogP contribution in [-0.4, -0.2) is 39.2 Å². The Bertz CT molecular complexity index is 541. The number of hydrogen-bond acceptors (Lipinski definition) is 6. The number of nitrogens with two attached hydrogens (primary N) is 1. The zero-order chi connectivity index (χ0) is 16.3. The van der Waals surface area contributed by atoms with Gasteiger partial charge in [0.25, 0.3) is 5.91 Å². The Balaban J connectivity index is 2.26. The van der Waals surface area contributed by atoms with E-state index in [4.69, 9.17) is 5.73 Å². The fraction of sp³-hybridized carbons (Fsp3) is 0.667. The summed E-state index contributed by atoms with van der Waals surface area (Å²) in [6, 6.07) is 0.0977. The minimum absolute atomic E-state index is 0.0977. The van der Waals surface area contributed by atoms with Gasteiger partial charge in [-0.05, 0) is 33.6 Å². The fourth-order valence-electron chi connectivity index (χ4n) is 2.69. The van der Waals surface area contributed by atoms with E-state index >= 15 is 0 Å². The third kappa shape index (κ3) is 4.07. The molecule has 22 heavy (non-hydrogen) atoms. The first kappa shape index (κ1) is 16.5. The molecular formula is C15H25N5O2. The molecule has 1 heterocycles. The van der Waals surface area contributed by atoms with Crippen LogP contribution in [0.5, 0.6) is 0 Å². The number of carbonyl (C=O) groups excluding carboxylic acids is 1. The summed E-state index contributed by atoms with van der Waals surface area (Å²) in [4.78, 5) is 20.1. The molecule has 0 unspecified atom stereocenters. The molecule has 1 aliphatic carbocycles. The number of aromatic nitrogens is 2. The van der Waals surface area contributed by atoms with E-state index in [1.807, 2.05) is 20.8 Å². The largest absolute Gasteiger partial charge is 0.396 e. The summed E-state index contributed by atoms with van der Waals surface area (Å²) in [5.74, 6) is 0.483. The van der Waals surface area contributed by atoms with E-state index in [1.165, 1.54) is 6.20 Å². The van der Waals surface area contributed by atoms with E-state index in [9.17, 15) is 9.90 Å². The normalized spacial score (nSPS) is 21.6. The topological polar surface area (TPSA) is 113 Å². The van der Waals surface area contributed by atoms with Crippen LogP contribution < -0.4 is 16.4 Å². The zero-order valence-electron chi connectivity index (χ0n) is 13.4. The Hall–Kier alpha value is -1.89. The molecular weight excluding hydrogens is 282 g/mol. The van der Waals surface area contributed by atoms with Gasteiger partial charge in [-0.1, -0.05) is 6.42 Å². The lowest BCUT2D eigenvalue weighted by Gasteiger charge is -2.23. The van der Waals surface area contributed by atoms with Crippen LogP contribution in [0.3, 0.4) is 0 Å². The van der Waals surface area contributed by atoms with E-state index in [2.05, 4.69) is 20.6 Å². The molecule has 0 aromatic carbocycles. The molecule has 2 atom stereocenters. The van der Waals surface area contributed by atoms with Crippen molar-refractivity contribution in [2.45, 2.75) is 51.6 Å². The van der Waals surface area contributed by atoms with Crippen LogP contribution in [-0.2, 0) is 0 Å². The first-order valence-electron chi connectivity index (χ1n) is 7.62. The van der Waals surface area contributed by atoms with Crippen LogP contribution in [0.15, 0.2) is 6.20 Å². The van der Waals surface area contributed by atoms with E-state index in [-0.39, 0.29) is 29.7 Å². The molecule has 1 aliphatic rings. The number of nitrogens with one attached hydrogen (secondary N) is 2. The zero-order valence-corrected chi connectivity index (χ0v) is 13.4. The molecule has 1 fully saturated rings. The van der Waals surface area contributed by atoms with Crippen molar-refractivity contribution in [3.63, 3.8) is 0 Å². The minimum Gasteiger partial charge on any atom is -0.396 e. The van der Waals surface area contributed by atoms with Crippen molar-refractivity contribution in [2.75, 3.05) is 17.2 Å². The summed E-state index contributed by atoms with van der Waals surface area (Å²) in [7, 11) is 0. The molecule has 0 bridgehead atoms. The van der Waals surface area contributed by atoms with Crippen molar-refractivity contribution < 1.29 is 9.90 Å². The van der Waals surface area contributed by atoms with E-state index in [0.717, 1.165) is 19.3 Å². The van der Waals surface area contributed by atoms with Gasteiger partial charge in [-0.25, -0.2) is 4.98 Å². The highest BCUT2D eigenvalue weighted by molar-refractivity contribution is 5.97. The maximum absolute atomic E-state index is 11.6. The second kappa shape index (κ2) is 6.48. The van der Waals surface area contributed by atoms with Crippen LogP contribution in [0.4, 0.5) is 11.8 Å². The Labute approximate surface area is 130 Å². The maximum Gasteiger partial charge on any atom is 0.254 e. The van der Waals surface area contributed by atoms with Gasteiger partial charge in [0, 0.05) is 30.3 Å². The van der Waals surface area contributed by atoms with Gasteiger partial charge >= 0.3 is 0 Å². The lowest BCUT2D eigenvalue weighted by molar-refractivity contribution is 0.100. The summed E-state index contributed by atoms with van der Waals surface area (Å²) in [5.41, 5.74) is 5.48. The molecule has 1 saturated carbocycles. The van der Waals surface area contributed by atoms with Gasteiger partial charge in [0.05, 0.1) is 5.56 Å². The van der Waals surface area contributed by atoms with Crippen molar-refractivity contribution in [2.24, 2.45) is 11.7 Å². The summed E-state index contributed by atoms with van der Waals surface area (Å²) >= 11 is 0. The van der Waals surface area contributed by atoms with Crippen molar-refractivity contribution in [3.05, 3.63) is 11.8 Å². The number of rotatable bonds is 5. The molecule has 122 valence electrons. The molecule has 7 nitrogen and oxygen atoms in total. The van der Waals surface area contributed by atoms with Gasteiger partial charge in [-0.15, -0.1) is 0 Å². The standard InChI is InChI=1S/C15H25N5O2/c1-15(2,3)20-14-17-7-10(12(16)22)13(19-14)18-11-6-4-5-9(11)8-21/h7,9,11,21H,4-6,8H2,1-3H3,(H2,16,22)(H2,17,18,19,20)/t9-,11+/m0/s1. The third-order valence-electron chi connectivity index (χ3n) is 3.76. The van der Waals surface area contributed by atoms with Crippen molar-refractivity contribution in [3.8, 4) is 0 Å². The predicted molar refractivity (Wildman–Crippen MR) is 85.8 cm³/mol. The average Bonchev–Trinajstić information content (AvgIpc) is 2.84.